The van der Waals surface area contributed by atoms with Crippen molar-refractivity contribution in [2.75, 3.05) is 20.6 Å². The Kier molecular flexibility index (Phi) is 4.92. The van der Waals surface area contributed by atoms with Crippen molar-refractivity contribution < 1.29 is 22.7 Å². The van der Waals surface area contributed by atoms with E-state index in [1.165, 1.54) is 38.4 Å². The fourth-order valence-corrected chi connectivity index (χ4v) is 4.03. The highest BCUT2D eigenvalue weighted by atomic mass is 32.2. The molecule has 0 spiro atoms. The summed E-state index contributed by atoms with van der Waals surface area (Å²) >= 11 is 0. The molecule has 0 unspecified atom stereocenters. The number of aliphatic hydroxyl groups is 1. The topological polar surface area (TPSA) is 99.9 Å². The van der Waals surface area contributed by atoms with Gasteiger partial charge in [-0.15, -0.1) is 0 Å². The van der Waals surface area contributed by atoms with Gasteiger partial charge in [0.25, 0.3) is 5.91 Å². The zero-order valence-corrected chi connectivity index (χ0v) is 15.5. The number of benzene rings is 1. The molecule has 1 aliphatic carbocycles. The smallest absolute Gasteiger partial charge is 0.251 e. The van der Waals surface area contributed by atoms with Crippen LogP contribution in [0.5, 0.6) is 0 Å². The third-order valence-electron chi connectivity index (χ3n) is 4.68. The Balaban J connectivity index is 1.70. The van der Waals surface area contributed by atoms with Gasteiger partial charge in [0, 0.05) is 31.6 Å². The number of hydrogen-bond acceptors (Lipinski definition) is 5. The van der Waals surface area contributed by atoms with E-state index >= 15 is 0 Å². The maximum Gasteiger partial charge on any atom is 0.251 e. The van der Waals surface area contributed by atoms with E-state index in [4.69, 9.17) is 4.42 Å². The third kappa shape index (κ3) is 3.40. The lowest BCUT2D eigenvalue weighted by atomic mass is 9.83. The second-order valence-corrected chi connectivity index (χ2v) is 8.79. The highest BCUT2D eigenvalue weighted by Crippen LogP contribution is 2.35. The van der Waals surface area contributed by atoms with Crippen LogP contribution in [0.3, 0.4) is 0 Å². The van der Waals surface area contributed by atoms with E-state index in [1.807, 2.05) is 0 Å². The number of furan rings is 1. The predicted molar refractivity (Wildman–Crippen MR) is 95.2 cm³/mol. The molecule has 2 N–H and O–H groups in total. The second kappa shape index (κ2) is 6.86. The lowest BCUT2D eigenvalue weighted by Gasteiger charge is -2.31. The van der Waals surface area contributed by atoms with Crippen LogP contribution in [-0.4, -0.2) is 44.4 Å². The highest BCUT2D eigenvalue weighted by Gasteiger charge is 2.36. The number of nitrogens with one attached hydrogen (secondary N) is 1. The average molecular weight is 378 g/mol. The van der Waals surface area contributed by atoms with Crippen LogP contribution >= 0.6 is 0 Å². The van der Waals surface area contributed by atoms with Gasteiger partial charge in [-0.2, -0.15) is 0 Å². The van der Waals surface area contributed by atoms with Crippen molar-refractivity contribution in [1.82, 2.24) is 9.62 Å². The minimum Gasteiger partial charge on any atom is -0.469 e. The molecule has 0 radical (unpaired) electrons. The third-order valence-corrected chi connectivity index (χ3v) is 6.51. The fourth-order valence-electron chi connectivity index (χ4n) is 3.13. The van der Waals surface area contributed by atoms with Gasteiger partial charge in [-0.05, 0) is 43.2 Å². The van der Waals surface area contributed by atoms with Gasteiger partial charge in [0.2, 0.25) is 10.0 Å². The number of sulfonamides is 1. The highest BCUT2D eigenvalue weighted by molar-refractivity contribution is 7.89. The van der Waals surface area contributed by atoms with Gasteiger partial charge >= 0.3 is 0 Å². The SMILES string of the molecule is CN(C)S(=O)(=O)c1ccc(C(=O)NC[C@]2(O)CCCc3occc32)cc1. The summed E-state index contributed by atoms with van der Waals surface area (Å²) in [6.45, 7) is 0.0656. The van der Waals surface area contributed by atoms with Crippen LogP contribution in [0.2, 0.25) is 0 Å². The van der Waals surface area contributed by atoms with Crippen LogP contribution in [0.15, 0.2) is 45.9 Å². The summed E-state index contributed by atoms with van der Waals surface area (Å²) in [7, 11) is -0.636. The quantitative estimate of drug-likeness (QED) is 0.821. The summed E-state index contributed by atoms with van der Waals surface area (Å²) in [6, 6.07) is 7.45. The number of amides is 1. The first-order valence-corrected chi connectivity index (χ1v) is 9.78. The molecule has 8 heteroatoms. The Bertz CT molecular complexity index is 902. The summed E-state index contributed by atoms with van der Waals surface area (Å²) in [5.41, 5.74) is -0.101. The van der Waals surface area contributed by atoms with Crippen LogP contribution in [0.25, 0.3) is 0 Å². The Morgan fingerprint density at radius 2 is 1.96 bits per heavy atom. The molecule has 0 saturated heterocycles. The summed E-state index contributed by atoms with van der Waals surface area (Å²) in [5.74, 6) is 0.383. The summed E-state index contributed by atoms with van der Waals surface area (Å²) < 4.78 is 30.6. The predicted octanol–water partition coefficient (Wildman–Crippen LogP) is 1.48. The molecule has 7 nitrogen and oxygen atoms in total. The van der Waals surface area contributed by atoms with Crippen LogP contribution in [0.4, 0.5) is 0 Å². The maximum absolute atomic E-state index is 12.4. The average Bonchev–Trinajstić information content (AvgIpc) is 3.10. The maximum atomic E-state index is 12.4. The van der Waals surface area contributed by atoms with Crippen LogP contribution in [-0.2, 0) is 22.0 Å². The molecule has 1 aliphatic rings. The molecule has 1 aromatic carbocycles. The molecule has 0 saturated carbocycles. The van der Waals surface area contributed by atoms with Crippen molar-refractivity contribution in [3.05, 3.63) is 53.5 Å². The zero-order chi connectivity index (χ0) is 18.9. The molecule has 2 aromatic rings. The zero-order valence-electron chi connectivity index (χ0n) is 14.7. The molecular formula is C18H22N2O5S. The van der Waals surface area contributed by atoms with Crippen molar-refractivity contribution >= 4 is 15.9 Å². The van der Waals surface area contributed by atoms with Crippen molar-refractivity contribution in [2.24, 2.45) is 0 Å². The van der Waals surface area contributed by atoms with E-state index in [2.05, 4.69) is 5.32 Å². The van der Waals surface area contributed by atoms with E-state index < -0.39 is 15.6 Å². The van der Waals surface area contributed by atoms with E-state index in [1.54, 1.807) is 12.3 Å². The summed E-state index contributed by atoms with van der Waals surface area (Å²) in [6.07, 6.45) is 3.65. The summed E-state index contributed by atoms with van der Waals surface area (Å²) in [5, 5.41) is 13.6. The fraction of sp³-hybridized carbons (Fsp3) is 0.389. The molecule has 26 heavy (non-hydrogen) atoms. The van der Waals surface area contributed by atoms with Gasteiger partial charge in [0.1, 0.15) is 11.4 Å². The molecule has 0 fully saturated rings. The number of carbonyl (C=O) groups excluding carboxylic acids is 1. The number of aryl methyl sites for hydroxylation is 1. The molecule has 1 amide bonds. The molecule has 3 rings (SSSR count). The van der Waals surface area contributed by atoms with Gasteiger partial charge in [-0.1, -0.05) is 0 Å². The Hall–Kier alpha value is -2.16. The largest absolute Gasteiger partial charge is 0.469 e. The number of rotatable bonds is 5. The van der Waals surface area contributed by atoms with Crippen molar-refractivity contribution in [3.8, 4) is 0 Å². The van der Waals surface area contributed by atoms with Gasteiger partial charge in [-0.25, -0.2) is 12.7 Å². The number of fused-ring (bicyclic) bond motifs is 1. The Labute approximate surface area is 152 Å². The van der Waals surface area contributed by atoms with E-state index in [0.29, 0.717) is 12.0 Å². The number of nitrogens with zero attached hydrogens (tertiary/aromatic N) is 1. The van der Waals surface area contributed by atoms with Crippen molar-refractivity contribution in [1.29, 1.82) is 0 Å². The minimum atomic E-state index is -3.53. The van der Waals surface area contributed by atoms with Gasteiger partial charge in [0.05, 0.1) is 17.7 Å². The van der Waals surface area contributed by atoms with Gasteiger partial charge < -0.3 is 14.8 Å². The number of carbonyl (C=O) groups is 1. The molecule has 1 atom stereocenters. The van der Waals surface area contributed by atoms with Crippen molar-refractivity contribution in [2.45, 2.75) is 29.8 Å². The summed E-state index contributed by atoms with van der Waals surface area (Å²) in [4.78, 5) is 12.5. The molecular weight excluding hydrogens is 356 g/mol. The first-order chi connectivity index (χ1) is 12.2. The van der Waals surface area contributed by atoms with Gasteiger partial charge in [-0.3, -0.25) is 4.79 Å². The molecule has 140 valence electrons. The van der Waals surface area contributed by atoms with E-state index in [0.717, 1.165) is 28.5 Å². The van der Waals surface area contributed by atoms with Crippen LogP contribution in [0.1, 0.15) is 34.5 Å². The van der Waals surface area contributed by atoms with E-state index in [-0.39, 0.29) is 17.3 Å². The molecule has 1 aromatic heterocycles. The molecule has 1 heterocycles. The Morgan fingerprint density at radius 3 is 2.62 bits per heavy atom. The number of hydrogen-bond donors (Lipinski definition) is 2. The monoisotopic (exact) mass is 378 g/mol. The Morgan fingerprint density at radius 1 is 1.27 bits per heavy atom. The lowest BCUT2D eigenvalue weighted by Crippen LogP contribution is -2.42. The normalized spacial score (nSPS) is 20.0. The van der Waals surface area contributed by atoms with Gasteiger partial charge in [0.15, 0.2) is 0 Å². The standard InChI is InChI=1S/C18H22N2O5S/c1-20(2)26(23,24)14-7-5-13(6-8-14)17(21)19-12-18(22)10-3-4-16-15(18)9-11-25-16/h5-9,11,22H,3-4,10,12H2,1-2H3,(H,19,21)/t18-/m1/s1. The van der Waals surface area contributed by atoms with Crippen LogP contribution in [0, 0.1) is 0 Å². The van der Waals surface area contributed by atoms with Crippen molar-refractivity contribution in [3.63, 3.8) is 0 Å². The first-order valence-electron chi connectivity index (χ1n) is 8.34. The second-order valence-electron chi connectivity index (χ2n) is 6.64. The van der Waals surface area contributed by atoms with Crippen LogP contribution < -0.4 is 5.32 Å². The first kappa shape index (κ1) is 18.6. The lowest BCUT2D eigenvalue weighted by molar-refractivity contribution is 0.0169. The molecule has 0 bridgehead atoms. The minimum absolute atomic E-state index is 0.0656. The molecule has 0 aliphatic heterocycles. The van der Waals surface area contributed by atoms with E-state index in [9.17, 15) is 18.3 Å².